The summed E-state index contributed by atoms with van der Waals surface area (Å²) in [5.41, 5.74) is 1.46. The second kappa shape index (κ2) is 6.30. The molecule has 1 aromatic carbocycles. The Balaban J connectivity index is 2.42. The molecule has 16 heavy (non-hydrogen) atoms. The van der Waals surface area contributed by atoms with Gasteiger partial charge in [0.2, 0.25) is 0 Å². The van der Waals surface area contributed by atoms with E-state index in [2.05, 4.69) is 0 Å². The van der Waals surface area contributed by atoms with E-state index in [1.807, 2.05) is 6.07 Å². The number of aliphatic carboxylic acids is 1. The van der Waals surface area contributed by atoms with Crippen molar-refractivity contribution in [3.63, 3.8) is 0 Å². The van der Waals surface area contributed by atoms with Crippen LogP contribution in [0.1, 0.15) is 24.8 Å². The summed E-state index contributed by atoms with van der Waals surface area (Å²) in [5, 5.41) is 26.4. The van der Waals surface area contributed by atoms with Crippen LogP contribution in [0.25, 0.3) is 0 Å². The standard InChI is InChI=1S/C11H15BO4/c13-11(14)7-2-1-4-9-5-3-6-10(8-9)12(15)16/h3,5-6,8,15-16H,1-2,4,7H2,(H,13,14). The number of hydrogen-bond acceptors (Lipinski definition) is 3. The molecule has 86 valence electrons. The van der Waals surface area contributed by atoms with Gasteiger partial charge in [0.25, 0.3) is 0 Å². The lowest BCUT2D eigenvalue weighted by molar-refractivity contribution is -0.137. The summed E-state index contributed by atoms with van der Waals surface area (Å²) in [6, 6.07) is 7.03. The average molecular weight is 222 g/mol. The van der Waals surface area contributed by atoms with Gasteiger partial charge in [0, 0.05) is 6.42 Å². The molecule has 0 aliphatic carbocycles. The fourth-order valence-electron chi connectivity index (χ4n) is 1.51. The van der Waals surface area contributed by atoms with Crippen molar-refractivity contribution in [2.45, 2.75) is 25.7 Å². The third-order valence-electron chi connectivity index (χ3n) is 2.36. The monoisotopic (exact) mass is 222 g/mol. The zero-order valence-corrected chi connectivity index (χ0v) is 8.97. The van der Waals surface area contributed by atoms with Crippen LogP contribution in [0, 0.1) is 0 Å². The van der Waals surface area contributed by atoms with Crippen molar-refractivity contribution < 1.29 is 19.9 Å². The third-order valence-corrected chi connectivity index (χ3v) is 2.36. The zero-order valence-electron chi connectivity index (χ0n) is 8.97. The Hall–Kier alpha value is -1.33. The van der Waals surface area contributed by atoms with E-state index in [4.69, 9.17) is 15.2 Å². The normalized spacial score (nSPS) is 10.1. The molecule has 0 heterocycles. The first-order valence-electron chi connectivity index (χ1n) is 5.26. The van der Waals surface area contributed by atoms with Crippen LogP contribution in [0.4, 0.5) is 0 Å². The average Bonchev–Trinajstić information content (AvgIpc) is 2.24. The molecule has 0 aromatic heterocycles. The molecular formula is C11H15BO4. The molecule has 3 N–H and O–H groups in total. The number of benzene rings is 1. The van der Waals surface area contributed by atoms with Crippen molar-refractivity contribution >= 4 is 18.6 Å². The van der Waals surface area contributed by atoms with Crippen LogP contribution in [0.15, 0.2) is 24.3 Å². The predicted octanol–water partition coefficient (Wildman–Crippen LogP) is 0.164. The predicted molar refractivity (Wildman–Crippen MR) is 61.5 cm³/mol. The molecule has 0 unspecified atom stereocenters. The van der Waals surface area contributed by atoms with Gasteiger partial charge < -0.3 is 15.2 Å². The van der Waals surface area contributed by atoms with Crippen LogP contribution in [-0.4, -0.2) is 28.2 Å². The summed E-state index contributed by atoms with van der Waals surface area (Å²) < 4.78 is 0. The number of unbranched alkanes of at least 4 members (excludes halogenated alkanes) is 1. The maximum atomic E-state index is 10.3. The number of aryl methyl sites for hydroxylation is 1. The largest absolute Gasteiger partial charge is 0.488 e. The van der Waals surface area contributed by atoms with Crippen molar-refractivity contribution in [2.24, 2.45) is 0 Å². The molecule has 1 aromatic rings. The van der Waals surface area contributed by atoms with Gasteiger partial charge in [-0.1, -0.05) is 24.3 Å². The van der Waals surface area contributed by atoms with Gasteiger partial charge in [0.15, 0.2) is 0 Å². The Morgan fingerprint density at radius 2 is 2.00 bits per heavy atom. The lowest BCUT2D eigenvalue weighted by Gasteiger charge is -2.04. The van der Waals surface area contributed by atoms with Crippen LogP contribution >= 0.6 is 0 Å². The summed E-state index contributed by atoms with van der Waals surface area (Å²) in [4.78, 5) is 10.3. The van der Waals surface area contributed by atoms with E-state index in [-0.39, 0.29) is 6.42 Å². The number of carboxylic acid groups (broad SMARTS) is 1. The van der Waals surface area contributed by atoms with Gasteiger partial charge in [-0.2, -0.15) is 0 Å². The van der Waals surface area contributed by atoms with Gasteiger partial charge in [-0.3, -0.25) is 4.79 Å². The smallest absolute Gasteiger partial charge is 0.481 e. The molecule has 0 atom stereocenters. The quantitative estimate of drug-likeness (QED) is 0.473. The molecular weight excluding hydrogens is 207 g/mol. The molecule has 1 rings (SSSR count). The van der Waals surface area contributed by atoms with E-state index in [0.29, 0.717) is 11.9 Å². The second-order valence-electron chi connectivity index (χ2n) is 3.72. The van der Waals surface area contributed by atoms with E-state index >= 15 is 0 Å². The van der Waals surface area contributed by atoms with Gasteiger partial charge in [-0.25, -0.2) is 0 Å². The van der Waals surface area contributed by atoms with Gasteiger partial charge in [-0.05, 0) is 30.3 Å². The summed E-state index contributed by atoms with van der Waals surface area (Å²) in [6.07, 6.45) is 2.37. The Bertz CT molecular complexity index is 352. The molecule has 0 bridgehead atoms. The first kappa shape index (κ1) is 12.7. The van der Waals surface area contributed by atoms with Crippen LogP contribution in [0.2, 0.25) is 0 Å². The highest BCUT2D eigenvalue weighted by molar-refractivity contribution is 6.58. The molecule has 0 saturated heterocycles. The van der Waals surface area contributed by atoms with Gasteiger partial charge >= 0.3 is 13.1 Å². The molecule has 0 fully saturated rings. The Kier molecular flexibility index (Phi) is 5.02. The van der Waals surface area contributed by atoms with Crippen molar-refractivity contribution in [3.05, 3.63) is 29.8 Å². The minimum Gasteiger partial charge on any atom is -0.481 e. The van der Waals surface area contributed by atoms with E-state index < -0.39 is 13.1 Å². The minimum atomic E-state index is -1.45. The van der Waals surface area contributed by atoms with Crippen LogP contribution < -0.4 is 5.46 Å². The highest BCUT2D eigenvalue weighted by Gasteiger charge is 2.10. The Morgan fingerprint density at radius 3 is 2.62 bits per heavy atom. The maximum absolute atomic E-state index is 10.3. The highest BCUT2D eigenvalue weighted by Crippen LogP contribution is 2.05. The molecule has 5 heteroatoms. The lowest BCUT2D eigenvalue weighted by atomic mass is 9.79. The molecule has 0 amide bonds. The minimum absolute atomic E-state index is 0.183. The number of rotatable bonds is 6. The van der Waals surface area contributed by atoms with Crippen molar-refractivity contribution in [3.8, 4) is 0 Å². The topological polar surface area (TPSA) is 77.8 Å². The molecule has 0 aliphatic rings. The molecule has 0 spiro atoms. The van der Waals surface area contributed by atoms with E-state index in [1.54, 1.807) is 18.2 Å². The van der Waals surface area contributed by atoms with Crippen LogP contribution in [0.3, 0.4) is 0 Å². The van der Waals surface area contributed by atoms with Gasteiger partial charge in [0.05, 0.1) is 0 Å². The zero-order chi connectivity index (χ0) is 12.0. The fourth-order valence-corrected chi connectivity index (χ4v) is 1.51. The number of carbonyl (C=O) groups is 1. The Labute approximate surface area is 94.7 Å². The fraction of sp³-hybridized carbons (Fsp3) is 0.364. The highest BCUT2D eigenvalue weighted by atomic mass is 16.4. The van der Waals surface area contributed by atoms with Crippen LogP contribution in [-0.2, 0) is 11.2 Å². The van der Waals surface area contributed by atoms with Gasteiger partial charge in [-0.15, -0.1) is 0 Å². The second-order valence-corrected chi connectivity index (χ2v) is 3.72. The number of carboxylic acids is 1. The van der Waals surface area contributed by atoms with Crippen LogP contribution in [0.5, 0.6) is 0 Å². The molecule has 4 nitrogen and oxygen atoms in total. The molecule has 0 radical (unpaired) electrons. The lowest BCUT2D eigenvalue weighted by Crippen LogP contribution is -2.29. The van der Waals surface area contributed by atoms with Crippen molar-refractivity contribution in [2.75, 3.05) is 0 Å². The SMILES string of the molecule is O=C(O)CCCCc1cccc(B(O)O)c1. The number of hydrogen-bond donors (Lipinski definition) is 3. The Morgan fingerprint density at radius 1 is 1.25 bits per heavy atom. The third kappa shape index (κ3) is 4.46. The summed E-state index contributed by atoms with van der Waals surface area (Å²) in [6.45, 7) is 0. The maximum Gasteiger partial charge on any atom is 0.488 e. The first-order valence-corrected chi connectivity index (χ1v) is 5.26. The van der Waals surface area contributed by atoms with Crippen molar-refractivity contribution in [1.29, 1.82) is 0 Å². The van der Waals surface area contributed by atoms with E-state index in [0.717, 1.165) is 18.4 Å². The summed E-state index contributed by atoms with van der Waals surface area (Å²) in [5.74, 6) is -0.778. The molecule has 0 saturated carbocycles. The summed E-state index contributed by atoms with van der Waals surface area (Å²) in [7, 11) is -1.45. The molecule has 0 aliphatic heterocycles. The van der Waals surface area contributed by atoms with E-state index in [9.17, 15) is 4.79 Å². The first-order chi connectivity index (χ1) is 7.59. The summed E-state index contributed by atoms with van der Waals surface area (Å²) >= 11 is 0. The van der Waals surface area contributed by atoms with Crippen molar-refractivity contribution in [1.82, 2.24) is 0 Å². The van der Waals surface area contributed by atoms with E-state index in [1.165, 1.54) is 0 Å². The van der Waals surface area contributed by atoms with Gasteiger partial charge in [0.1, 0.15) is 0 Å².